The van der Waals surface area contributed by atoms with Gasteiger partial charge in [-0.15, -0.1) is 0 Å². The Morgan fingerprint density at radius 2 is 1.67 bits per heavy atom. The monoisotopic (exact) mass is 387 g/mol. The Bertz CT molecular complexity index is 937. The fourth-order valence-corrected chi connectivity index (χ4v) is 4.13. The third-order valence-corrected chi connectivity index (χ3v) is 5.99. The predicted octanol–water partition coefficient (Wildman–Crippen LogP) is 1.71. The Kier molecular flexibility index (Phi) is 5.46. The number of piperazine rings is 1. The maximum absolute atomic E-state index is 12.8. The summed E-state index contributed by atoms with van der Waals surface area (Å²) in [6.45, 7) is 3.62. The average molecular weight is 387 g/mol. The summed E-state index contributed by atoms with van der Waals surface area (Å²) < 4.78 is 27.7. The van der Waals surface area contributed by atoms with E-state index in [2.05, 4.69) is 4.72 Å². The maximum Gasteiger partial charge on any atom is 0.261 e. The number of benzene rings is 2. The van der Waals surface area contributed by atoms with Gasteiger partial charge in [-0.1, -0.05) is 24.3 Å². The first-order valence-electron chi connectivity index (χ1n) is 8.58. The van der Waals surface area contributed by atoms with Crippen molar-refractivity contribution in [2.24, 2.45) is 0 Å². The second-order valence-corrected chi connectivity index (χ2v) is 8.01. The molecule has 1 fully saturated rings. The third-order valence-electron chi connectivity index (χ3n) is 4.61. The van der Waals surface area contributed by atoms with E-state index in [-0.39, 0.29) is 10.8 Å². The number of hydrogen-bond acceptors (Lipinski definition) is 4. The number of nitrogens with zero attached hydrogens (tertiary/aromatic N) is 2. The second-order valence-electron chi connectivity index (χ2n) is 6.33. The first kappa shape index (κ1) is 18.9. The van der Waals surface area contributed by atoms with Crippen LogP contribution >= 0.6 is 0 Å². The molecule has 1 aliphatic rings. The van der Waals surface area contributed by atoms with Crippen molar-refractivity contribution in [2.75, 3.05) is 30.9 Å². The van der Waals surface area contributed by atoms with Gasteiger partial charge in [0, 0.05) is 31.7 Å². The zero-order valence-corrected chi connectivity index (χ0v) is 15.8. The molecule has 0 bridgehead atoms. The number of carbonyl (C=O) groups is 2. The molecule has 2 aromatic carbocycles. The number of amides is 2. The first-order chi connectivity index (χ1) is 12.9. The molecule has 2 amide bonds. The number of sulfonamides is 1. The van der Waals surface area contributed by atoms with Gasteiger partial charge in [0.15, 0.2) is 0 Å². The molecule has 7 nitrogen and oxygen atoms in total. The summed E-state index contributed by atoms with van der Waals surface area (Å²) in [4.78, 5) is 27.1. The van der Waals surface area contributed by atoms with Crippen LogP contribution in [0.15, 0.2) is 53.4 Å². The number of nitrogens with one attached hydrogen (secondary N) is 1. The van der Waals surface area contributed by atoms with E-state index in [1.54, 1.807) is 53.1 Å². The highest BCUT2D eigenvalue weighted by atomic mass is 32.2. The van der Waals surface area contributed by atoms with E-state index in [0.717, 1.165) is 6.41 Å². The highest BCUT2D eigenvalue weighted by molar-refractivity contribution is 7.92. The van der Waals surface area contributed by atoms with Crippen molar-refractivity contribution in [3.8, 4) is 0 Å². The number of hydrogen-bond donors (Lipinski definition) is 1. The van der Waals surface area contributed by atoms with Crippen LogP contribution < -0.4 is 4.72 Å². The van der Waals surface area contributed by atoms with Crippen molar-refractivity contribution in [1.29, 1.82) is 0 Å². The third kappa shape index (κ3) is 4.11. The summed E-state index contributed by atoms with van der Waals surface area (Å²) in [6.07, 6.45) is 0.784. The molecule has 1 aliphatic heterocycles. The lowest BCUT2D eigenvalue weighted by Gasteiger charge is -2.33. The zero-order valence-electron chi connectivity index (χ0n) is 15.0. The Morgan fingerprint density at radius 1 is 1.00 bits per heavy atom. The van der Waals surface area contributed by atoms with Gasteiger partial charge < -0.3 is 9.80 Å². The molecule has 1 N–H and O–H groups in total. The molecule has 142 valence electrons. The maximum atomic E-state index is 12.8. The summed E-state index contributed by atoms with van der Waals surface area (Å²) in [5.41, 5.74) is 1.39. The molecule has 0 saturated carbocycles. The van der Waals surface area contributed by atoms with Crippen molar-refractivity contribution in [1.82, 2.24) is 9.80 Å². The standard InChI is InChI=1S/C19H21N3O4S/c1-15-17(19(24)22-12-10-21(14-23)11-13-22)8-5-9-18(15)20-27(25,26)16-6-3-2-4-7-16/h2-9,14,20H,10-13H2,1H3. The minimum atomic E-state index is -3.73. The normalized spacial score (nSPS) is 14.7. The molecule has 0 unspecified atom stereocenters. The molecule has 0 aliphatic carbocycles. The zero-order chi connectivity index (χ0) is 19.4. The van der Waals surface area contributed by atoms with Crippen molar-refractivity contribution in [3.05, 3.63) is 59.7 Å². The van der Waals surface area contributed by atoms with Gasteiger partial charge in [0.1, 0.15) is 0 Å². The summed E-state index contributed by atoms with van der Waals surface area (Å²) in [6, 6.07) is 13.1. The summed E-state index contributed by atoms with van der Waals surface area (Å²) in [7, 11) is -3.73. The first-order valence-corrected chi connectivity index (χ1v) is 10.1. The van der Waals surface area contributed by atoms with Gasteiger partial charge in [0.2, 0.25) is 6.41 Å². The highest BCUT2D eigenvalue weighted by Gasteiger charge is 2.24. The van der Waals surface area contributed by atoms with E-state index in [1.807, 2.05) is 0 Å². The fraction of sp³-hybridized carbons (Fsp3) is 0.263. The van der Waals surface area contributed by atoms with Gasteiger partial charge >= 0.3 is 0 Å². The highest BCUT2D eigenvalue weighted by Crippen LogP contribution is 2.24. The average Bonchev–Trinajstić information content (AvgIpc) is 2.70. The molecule has 3 rings (SSSR count). The number of rotatable bonds is 5. The molecule has 27 heavy (non-hydrogen) atoms. The van der Waals surface area contributed by atoms with Crippen LogP contribution in [0.1, 0.15) is 15.9 Å². The molecule has 0 spiro atoms. The van der Waals surface area contributed by atoms with E-state index in [4.69, 9.17) is 0 Å². The van der Waals surface area contributed by atoms with Crippen LogP contribution in [-0.4, -0.2) is 56.7 Å². The van der Waals surface area contributed by atoms with Gasteiger partial charge in [0.05, 0.1) is 10.6 Å². The van der Waals surface area contributed by atoms with Crippen molar-refractivity contribution < 1.29 is 18.0 Å². The molecule has 1 saturated heterocycles. The smallest absolute Gasteiger partial charge is 0.261 e. The lowest BCUT2D eigenvalue weighted by Crippen LogP contribution is -2.48. The van der Waals surface area contributed by atoms with Crippen molar-refractivity contribution in [2.45, 2.75) is 11.8 Å². The van der Waals surface area contributed by atoms with Gasteiger partial charge in [0.25, 0.3) is 15.9 Å². The molecule has 0 aromatic heterocycles. The molecule has 8 heteroatoms. The Hall–Kier alpha value is -2.87. The van der Waals surface area contributed by atoms with Crippen LogP contribution in [-0.2, 0) is 14.8 Å². The lowest BCUT2D eigenvalue weighted by molar-refractivity contribution is -0.119. The minimum Gasteiger partial charge on any atom is -0.342 e. The second kappa shape index (κ2) is 7.79. The Labute approximate surface area is 158 Å². The van der Waals surface area contributed by atoms with E-state index in [1.165, 1.54) is 12.1 Å². The quantitative estimate of drug-likeness (QED) is 0.792. The SMILES string of the molecule is Cc1c(NS(=O)(=O)c2ccccc2)cccc1C(=O)N1CCN(C=O)CC1. The van der Waals surface area contributed by atoms with Crippen molar-refractivity contribution in [3.63, 3.8) is 0 Å². The number of carbonyl (C=O) groups excluding carboxylic acids is 2. The molecular weight excluding hydrogens is 366 g/mol. The molecule has 2 aromatic rings. The van der Waals surface area contributed by atoms with Crippen molar-refractivity contribution >= 4 is 28.0 Å². The number of anilines is 1. The van der Waals surface area contributed by atoms with E-state index >= 15 is 0 Å². The summed E-state index contributed by atoms with van der Waals surface area (Å²) in [5, 5.41) is 0. The molecule has 0 atom stereocenters. The topological polar surface area (TPSA) is 86.8 Å². The van der Waals surface area contributed by atoms with E-state index < -0.39 is 10.0 Å². The van der Waals surface area contributed by atoms with E-state index in [9.17, 15) is 18.0 Å². The molecule has 1 heterocycles. The Morgan fingerprint density at radius 3 is 2.30 bits per heavy atom. The van der Waals surface area contributed by atoms with Crippen LogP contribution in [0, 0.1) is 6.92 Å². The van der Waals surface area contributed by atoms with Crippen LogP contribution in [0.25, 0.3) is 0 Å². The van der Waals surface area contributed by atoms with Crippen LogP contribution in [0.3, 0.4) is 0 Å². The van der Waals surface area contributed by atoms with Gasteiger partial charge in [-0.25, -0.2) is 8.42 Å². The van der Waals surface area contributed by atoms with E-state index in [0.29, 0.717) is 43.0 Å². The predicted molar refractivity (Wildman–Crippen MR) is 102 cm³/mol. The minimum absolute atomic E-state index is 0.158. The lowest BCUT2D eigenvalue weighted by atomic mass is 10.1. The summed E-state index contributed by atoms with van der Waals surface area (Å²) >= 11 is 0. The fourth-order valence-electron chi connectivity index (χ4n) is 2.98. The van der Waals surface area contributed by atoms with Crippen LogP contribution in [0.2, 0.25) is 0 Å². The largest absolute Gasteiger partial charge is 0.342 e. The van der Waals surface area contributed by atoms with Gasteiger partial charge in [-0.05, 0) is 36.8 Å². The van der Waals surface area contributed by atoms with Crippen LogP contribution in [0.4, 0.5) is 5.69 Å². The molecular formula is C19H21N3O4S. The van der Waals surface area contributed by atoms with Gasteiger partial charge in [-0.3, -0.25) is 14.3 Å². The summed E-state index contributed by atoms with van der Waals surface area (Å²) in [5.74, 6) is -0.168. The Balaban J connectivity index is 1.82. The van der Waals surface area contributed by atoms with Crippen LogP contribution in [0.5, 0.6) is 0 Å². The van der Waals surface area contributed by atoms with Gasteiger partial charge in [-0.2, -0.15) is 0 Å². The molecule has 0 radical (unpaired) electrons.